The predicted molar refractivity (Wildman–Crippen MR) is 127 cm³/mol. The maximum atomic E-state index is 13.2. The van der Waals surface area contributed by atoms with Crippen molar-refractivity contribution in [1.29, 1.82) is 0 Å². The average Bonchev–Trinajstić information content (AvgIpc) is 3.00. The number of amides is 2. The van der Waals surface area contributed by atoms with E-state index in [0.717, 1.165) is 28.7 Å². The van der Waals surface area contributed by atoms with Crippen molar-refractivity contribution in [3.05, 3.63) is 65.2 Å². The molecule has 36 heavy (non-hydrogen) atoms. The van der Waals surface area contributed by atoms with Gasteiger partial charge in [0.15, 0.2) is 12.0 Å². The van der Waals surface area contributed by atoms with Gasteiger partial charge in [0.05, 0.1) is 12.6 Å². The van der Waals surface area contributed by atoms with E-state index in [2.05, 4.69) is 10.6 Å². The van der Waals surface area contributed by atoms with Gasteiger partial charge in [-0.05, 0) is 55.5 Å². The summed E-state index contributed by atoms with van der Waals surface area (Å²) >= 11 is 0. The molecule has 2 N–H and O–H groups in total. The first-order valence-corrected chi connectivity index (χ1v) is 13.0. The number of pyridine rings is 1. The van der Waals surface area contributed by atoms with Crippen LogP contribution in [0, 0.1) is 16.9 Å². The summed E-state index contributed by atoms with van der Waals surface area (Å²) in [5, 5.41) is 16.8. The van der Waals surface area contributed by atoms with Crippen LogP contribution in [-0.2, 0) is 19.6 Å². The van der Waals surface area contributed by atoms with Gasteiger partial charge in [0.1, 0.15) is 11.9 Å². The lowest BCUT2D eigenvalue weighted by molar-refractivity contribution is -0.646. The van der Waals surface area contributed by atoms with Crippen molar-refractivity contribution in [3.63, 3.8) is 0 Å². The number of sulfonamides is 1. The minimum atomic E-state index is -4.22. The number of nitrogens with zero attached hydrogens (tertiary/aromatic N) is 2. The summed E-state index contributed by atoms with van der Waals surface area (Å²) < 4.78 is 40.2. The number of Topliss-reactive ketones (excluding diaryl/α,β-unsaturated/α-hetero) is 1. The quantitative estimate of drug-likeness (QED) is 0.395. The lowest BCUT2D eigenvalue weighted by Gasteiger charge is -2.23. The van der Waals surface area contributed by atoms with E-state index in [1.54, 1.807) is 0 Å². The highest BCUT2D eigenvalue weighted by atomic mass is 32.2. The Morgan fingerprint density at radius 2 is 1.89 bits per heavy atom. The zero-order valence-electron chi connectivity index (χ0n) is 20.0. The van der Waals surface area contributed by atoms with Crippen LogP contribution in [0.15, 0.2) is 53.7 Å². The zero-order valence-corrected chi connectivity index (χ0v) is 20.8. The highest BCUT2D eigenvalue weighted by molar-refractivity contribution is 7.89. The maximum absolute atomic E-state index is 13.2. The summed E-state index contributed by atoms with van der Waals surface area (Å²) in [5.74, 6) is -2.12. The summed E-state index contributed by atoms with van der Waals surface area (Å²) in [4.78, 5) is 38.6. The summed E-state index contributed by atoms with van der Waals surface area (Å²) in [6.45, 7) is 3.25. The minimum Gasteiger partial charge on any atom is -0.618 e. The maximum Gasteiger partial charge on any atom is 0.323 e. The number of aromatic nitrogens is 1. The Labute approximate surface area is 209 Å². The fraction of sp³-hybridized carbons (Fsp3) is 0.417. The van der Waals surface area contributed by atoms with E-state index in [-0.39, 0.29) is 42.0 Å². The molecule has 3 rings (SSSR count). The number of hydrogen-bond donors (Lipinski definition) is 2. The molecule has 0 aliphatic carbocycles. The van der Waals surface area contributed by atoms with E-state index in [0.29, 0.717) is 0 Å². The van der Waals surface area contributed by atoms with E-state index in [1.807, 2.05) is 13.8 Å². The predicted octanol–water partition coefficient (Wildman–Crippen LogP) is 1.14. The number of rotatable bonds is 8. The Morgan fingerprint density at radius 1 is 1.19 bits per heavy atom. The number of nitrogens with one attached hydrogen (secondary N) is 2. The van der Waals surface area contributed by atoms with Crippen LogP contribution in [-0.4, -0.2) is 55.5 Å². The largest absolute Gasteiger partial charge is 0.618 e. The summed E-state index contributed by atoms with van der Waals surface area (Å²) in [6.07, 6.45) is 1.82. The number of ketones is 1. The number of halogens is 1. The van der Waals surface area contributed by atoms with Crippen LogP contribution in [0.1, 0.15) is 43.5 Å². The molecule has 0 radical (unpaired) electrons. The van der Waals surface area contributed by atoms with Gasteiger partial charge in [0.2, 0.25) is 5.91 Å². The molecule has 0 saturated carbocycles. The van der Waals surface area contributed by atoms with Crippen LogP contribution >= 0.6 is 0 Å². The lowest BCUT2D eigenvalue weighted by Crippen LogP contribution is -2.52. The Bertz CT molecular complexity index is 1220. The lowest BCUT2D eigenvalue weighted by atomic mass is 10.0. The van der Waals surface area contributed by atoms with Crippen LogP contribution < -0.4 is 15.4 Å². The van der Waals surface area contributed by atoms with Crippen molar-refractivity contribution in [2.24, 2.45) is 5.92 Å². The molecule has 1 aromatic carbocycles. The van der Waals surface area contributed by atoms with E-state index >= 15 is 0 Å². The van der Waals surface area contributed by atoms with Crippen LogP contribution in [0.4, 0.5) is 4.39 Å². The van der Waals surface area contributed by atoms with Crippen LogP contribution in [0.2, 0.25) is 0 Å². The van der Waals surface area contributed by atoms with Gasteiger partial charge in [0, 0.05) is 24.2 Å². The third-order valence-corrected chi connectivity index (χ3v) is 7.60. The third-order valence-electron chi connectivity index (χ3n) is 5.77. The fourth-order valence-corrected chi connectivity index (χ4v) is 5.39. The zero-order chi connectivity index (χ0) is 26.5. The molecule has 2 amide bonds. The number of carbonyl (C=O) groups excluding carboxylic acids is 3. The van der Waals surface area contributed by atoms with E-state index < -0.39 is 57.1 Å². The van der Waals surface area contributed by atoms with Crippen molar-refractivity contribution in [2.45, 2.75) is 50.2 Å². The third kappa shape index (κ3) is 6.64. The van der Waals surface area contributed by atoms with Crippen LogP contribution in [0.3, 0.4) is 0 Å². The van der Waals surface area contributed by atoms with Gasteiger partial charge in [-0.25, -0.2) is 12.8 Å². The topological polar surface area (TPSA) is 140 Å². The number of benzene rings is 1. The Balaban J connectivity index is 1.70. The molecule has 1 fully saturated rings. The van der Waals surface area contributed by atoms with E-state index in [4.69, 9.17) is 0 Å². The molecule has 10 nitrogen and oxygen atoms in total. The molecular formula is C24H29FN4O6S. The molecule has 0 spiro atoms. The fourth-order valence-electron chi connectivity index (χ4n) is 3.92. The van der Waals surface area contributed by atoms with Crippen molar-refractivity contribution in [3.8, 4) is 0 Å². The van der Waals surface area contributed by atoms with Gasteiger partial charge in [0.25, 0.3) is 5.91 Å². The molecule has 1 unspecified atom stereocenters. The molecule has 0 bridgehead atoms. The second-order valence-corrected chi connectivity index (χ2v) is 10.9. The molecule has 12 heteroatoms. The van der Waals surface area contributed by atoms with E-state index in [1.165, 1.54) is 24.3 Å². The van der Waals surface area contributed by atoms with Gasteiger partial charge < -0.3 is 15.8 Å². The SMILES string of the molecule is CC(C)CC(NC(=O)c1ccc(F)cc1)C(=O)N[C@H]1CCCN(S(=O)(=O)c2cccc[n+]2[O-])CC1=O. The van der Waals surface area contributed by atoms with Crippen LogP contribution in [0.25, 0.3) is 0 Å². The van der Waals surface area contributed by atoms with Gasteiger partial charge in [-0.1, -0.05) is 13.8 Å². The van der Waals surface area contributed by atoms with Crippen molar-refractivity contribution in [1.82, 2.24) is 14.9 Å². The second-order valence-electron chi connectivity index (χ2n) is 9.04. The summed E-state index contributed by atoms with van der Waals surface area (Å²) in [5.41, 5.74) is 0.181. The monoisotopic (exact) mass is 520 g/mol. The number of hydrogen-bond acceptors (Lipinski definition) is 6. The van der Waals surface area contributed by atoms with Gasteiger partial charge >= 0.3 is 15.0 Å². The summed E-state index contributed by atoms with van der Waals surface area (Å²) in [6, 6.07) is 6.95. The standard InChI is InChI=1S/C24H29FN4O6S/c1-16(2)14-20(27-23(31)17-8-10-18(25)11-9-17)24(32)26-19-6-5-12-28(15-21(19)30)36(34,35)22-7-3-4-13-29(22)33/h3-4,7-11,13,16,19-20H,5-6,12,14-15H2,1-2H3,(H,26,32)(H,27,31)/t19-,20?/m0/s1. The normalized spacial score (nSPS) is 17.9. The van der Waals surface area contributed by atoms with Crippen molar-refractivity contribution in [2.75, 3.05) is 13.1 Å². The molecule has 1 aromatic heterocycles. The van der Waals surface area contributed by atoms with E-state index in [9.17, 15) is 32.4 Å². The molecule has 1 aliphatic rings. The minimum absolute atomic E-state index is 0.00602. The van der Waals surface area contributed by atoms with Crippen molar-refractivity contribution < 1.29 is 31.9 Å². The Hall–Kier alpha value is -3.38. The molecule has 2 heterocycles. The molecular weight excluding hydrogens is 491 g/mol. The van der Waals surface area contributed by atoms with Crippen LogP contribution in [0.5, 0.6) is 0 Å². The molecule has 1 aliphatic heterocycles. The van der Waals surface area contributed by atoms with Crippen molar-refractivity contribution >= 4 is 27.6 Å². The highest BCUT2D eigenvalue weighted by Gasteiger charge is 2.37. The second kappa shape index (κ2) is 11.6. The number of carbonyl (C=O) groups is 3. The van der Waals surface area contributed by atoms with Gasteiger partial charge in [-0.15, -0.1) is 0 Å². The van der Waals surface area contributed by atoms with Gasteiger partial charge in [-0.2, -0.15) is 9.04 Å². The highest BCUT2D eigenvalue weighted by Crippen LogP contribution is 2.18. The average molecular weight is 521 g/mol. The molecule has 194 valence electrons. The smallest absolute Gasteiger partial charge is 0.323 e. The van der Waals surface area contributed by atoms with Gasteiger partial charge in [-0.3, -0.25) is 14.4 Å². The Kier molecular flexibility index (Phi) is 8.75. The molecule has 2 aromatic rings. The molecule has 2 atom stereocenters. The first-order chi connectivity index (χ1) is 17.0. The first kappa shape index (κ1) is 27.2. The Morgan fingerprint density at radius 3 is 2.53 bits per heavy atom. The first-order valence-electron chi connectivity index (χ1n) is 11.6. The summed E-state index contributed by atoms with van der Waals surface area (Å²) in [7, 11) is -4.22. The molecule has 1 saturated heterocycles.